The summed E-state index contributed by atoms with van der Waals surface area (Å²) in [6.45, 7) is -0.277. The highest BCUT2D eigenvalue weighted by molar-refractivity contribution is 5.70. The zero-order valence-corrected chi connectivity index (χ0v) is 9.85. The average Bonchev–Trinajstić information content (AvgIpc) is 2.92. The predicted molar refractivity (Wildman–Crippen MR) is 64.2 cm³/mol. The number of nitrogens with one attached hydrogen (secondary N) is 1. The van der Waals surface area contributed by atoms with Gasteiger partial charge in [-0.15, -0.1) is 0 Å². The van der Waals surface area contributed by atoms with Crippen molar-refractivity contribution in [2.75, 3.05) is 12.3 Å². The Labute approximate surface area is 106 Å². The van der Waals surface area contributed by atoms with Crippen LogP contribution >= 0.6 is 0 Å². The third-order valence-corrected chi connectivity index (χ3v) is 3.15. The number of nitrogens with zero attached hydrogens (tertiary/aromatic N) is 3. The van der Waals surface area contributed by atoms with Crippen molar-refractivity contribution in [3.63, 3.8) is 0 Å². The summed E-state index contributed by atoms with van der Waals surface area (Å²) in [7, 11) is 0. The summed E-state index contributed by atoms with van der Waals surface area (Å²) >= 11 is 0. The van der Waals surface area contributed by atoms with Crippen molar-refractivity contribution >= 4 is 17.1 Å². The first-order valence-electron chi connectivity index (χ1n) is 5.77. The topological polar surface area (TPSA) is 139 Å². The molecule has 0 unspecified atom stereocenters. The van der Waals surface area contributed by atoms with E-state index in [1.807, 2.05) is 0 Å². The van der Waals surface area contributed by atoms with Crippen LogP contribution in [0, 0.1) is 0 Å². The molecular weight excluding hydrogens is 257 g/mol. The highest BCUT2D eigenvalue weighted by Crippen LogP contribution is 2.30. The molecule has 0 radical (unpaired) electrons. The number of aliphatic hydroxyl groups excluding tert-OH is 2. The second-order valence-electron chi connectivity index (χ2n) is 4.39. The lowest BCUT2D eigenvalue weighted by Crippen LogP contribution is -2.24. The average molecular weight is 270 g/mol. The number of imidazole rings is 1. The molecule has 0 saturated carbocycles. The first kappa shape index (κ1) is 12.1. The lowest BCUT2D eigenvalue weighted by Gasteiger charge is -2.13. The highest BCUT2D eigenvalue weighted by atomic mass is 16.5. The monoisotopic (exact) mass is 270 g/mol. The van der Waals surface area contributed by atoms with Crippen LogP contribution in [0.1, 0.15) is 12.6 Å². The fourth-order valence-corrected chi connectivity index (χ4v) is 2.20. The van der Waals surface area contributed by atoms with Gasteiger partial charge in [-0.3, -0.25) is 14.3 Å². The minimum atomic E-state index is -0.771. The molecule has 5 N–H and O–H groups in total. The number of aromatic amines is 1. The van der Waals surface area contributed by atoms with Crippen molar-refractivity contribution in [1.29, 1.82) is 0 Å². The Morgan fingerprint density at radius 1 is 1.63 bits per heavy atom. The number of ether oxygens (including phenoxy) is 1. The quantitative estimate of drug-likeness (QED) is 0.479. The molecule has 2 aromatic heterocycles. The van der Waals surface area contributed by atoms with E-state index in [1.54, 1.807) is 0 Å². The molecule has 0 spiro atoms. The molecule has 0 amide bonds. The molecule has 3 rings (SSSR count). The maximum absolute atomic E-state index is 11.6. The van der Waals surface area contributed by atoms with Gasteiger partial charge >= 0.3 is 0 Å². The van der Waals surface area contributed by atoms with E-state index in [0.717, 1.165) is 0 Å². The van der Waals surface area contributed by atoms with Gasteiger partial charge in [0.15, 0.2) is 11.2 Å². The zero-order chi connectivity index (χ0) is 13.6. The van der Waals surface area contributed by atoms with E-state index in [1.165, 1.54) is 10.9 Å². The fraction of sp³-hybridized carbons (Fsp3) is 0.500. The fourth-order valence-electron chi connectivity index (χ4n) is 2.20. The van der Waals surface area contributed by atoms with Crippen LogP contribution in [-0.4, -0.2) is 48.5 Å². The van der Waals surface area contributed by atoms with E-state index >= 15 is 0 Å². The molecule has 9 heteroatoms. The summed E-state index contributed by atoms with van der Waals surface area (Å²) in [6.07, 6.45) is -0.270. The van der Waals surface area contributed by atoms with Crippen LogP contribution < -0.4 is 11.3 Å². The number of aromatic nitrogens is 4. The van der Waals surface area contributed by atoms with Gasteiger partial charge < -0.3 is 20.7 Å². The van der Waals surface area contributed by atoms with Gasteiger partial charge in [0.1, 0.15) is 12.3 Å². The van der Waals surface area contributed by atoms with Crippen LogP contribution in [0.25, 0.3) is 11.2 Å². The molecular formula is C10H13N5O4. The van der Waals surface area contributed by atoms with Crippen molar-refractivity contribution in [3.05, 3.63) is 16.7 Å². The first-order chi connectivity index (χ1) is 9.10. The Morgan fingerprint density at radius 2 is 2.42 bits per heavy atom. The summed E-state index contributed by atoms with van der Waals surface area (Å²) < 4.78 is 7.01. The van der Waals surface area contributed by atoms with Crippen LogP contribution in [0.3, 0.4) is 0 Å². The summed E-state index contributed by atoms with van der Waals surface area (Å²) in [5.41, 5.74) is 5.50. The SMILES string of the molecule is [15NH2][13c]1nc2c(ncn2[C@H]2C[C@@H](O)[C@@H](CO)O2)c(=O)[15nH]1. The molecule has 1 saturated heterocycles. The highest BCUT2D eigenvalue weighted by Gasteiger charge is 2.35. The largest absolute Gasteiger partial charge is 0.394 e. The number of nitrogen functional groups attached to an aromatic ring is 1. The van der Waals surface area contributed by atoms with Crippen LogP contribution in [-0.2, 0) is 4.74 Å². The van der Waals surface area contributed by atoms with Gasteiger partial charge in [0, 0.05) is 6.42 Å². The molecule has 3 atom stereocenters. The molecule has 2 aromatic rings. The summed E-state index contributed by atoms with van der Waals surface area (Å²) in [4.78, 5) is 22.0. The molecule has 9 nitrogen and oxygen atoms in total. The van der Waals surface area contributed by atoms with Crippen LogP contribution in [0.5, 0.6) is 0 Å². The molecule has 1 aliphatic heterocycles. The van der Waals surface area contributed by atoms with Crippen molar-refractivity contribution < 1.29 is 14.9 Å². The van der Waals surface area contributed by atoms with E-state index in [4.69, 9.17) is 15.6 Å². The second kappa shape index (κ2) is 4.30. The molecule has 1 aliphatic rings. The summed E-state index contributed by atoms with van der Waals surface area (Å²) in [5.74, 6) is -0.0171. The standard InChI is InChI=1S/C10H13N5O4/c11-10-13-8-7(9(18)14-10)12-3-15(8)6-1-4(17)5(2-16)19-6/h3-6,16-17H,1-2H2,(H3,11,13,14,18)/t4-,5-,6-/m1/s1/i10+1,11+1,14+1. The Bertz CT molecular complexity index is 665. The van der Waals surface area contributed by atoms with E-state index in [2.05, 4.69) is 15.0 Å². The van der Waals surface area contributed by atoms with Gasteiger partial charge in [0.05, 0.1) is 19.0 Å². The Kier molecular flexibility index (Phi) is 2.73. The van der Waals surface area contributed by atoms with Crippen LogP contribution in [0.4, 0.5) is 5.95 Å². The summed E-state index contributed by atoms with van der Waals surface area (Å²) in [5, 5.41) is 18.8. The number of hydrogen-bond donors (Lipinski definition) is 4. The van der Waals surface area contributed by atoms with Crippen molar-refractivity contribution in [3.8, 4) is 0 Å². The van der Waals surface area contributed by atoms with E-state index in [9.17, 15) is 9.90 Å². The second-order valence-corrected chi connectivity index (χ2v) is 4.39. The lowest BCUT2D eigenvalue weighted by atomic mass is 10.2. The number of anilines is 1. The smallest absolute Gasteiger partial charge is 0.280 e. The molecule has 3 heterocycles. The van der Waals surface area contributed by atoms with E-state index < -0.39 is 24.0 Å². The molecule has 0 aliphatic carbocycles. The van der Waals surface area contributed by atoms with Gasteiger partial charge in [-0.1, -0.05) is 0 Å². The Morgan fingerprint density at radius 3 is 3.11 bits per heavy atom. The molecule has 0 bridgehead atoms. The Balaban J connectivity index is 2.05. The predicted octanol–water partition coefficient (Wildman–Crippen LogP) is -1.66. The number of aliphatic hydroxyl groups is 2. The molecule has 19 heavy (non-hydrogen) atoms. The maximum atomic E-state index is 11.6. The number of fused-ring (bicyclic) bond motifs is 1. The van der Waals surface area contributed by atoms with Gasteiger partial charge in [0.25, 0.3) is 5.56 Å². The van der Waals surface area contributed by atoms with Crippen LogP contribution in [0.15, 0.2) is 11.1 Å². The van der Waals surface area contributed by atoms with Gasteiger partial charge in [0.2, 0.25) is 5.95 Å². The number of rotatable bonds is 2. The molecule has 0 aromatic carbocycles. The van der Waals surface area contributed by atoms with E-state index in [0.29, 0.717) is 0 Å². The third kappa shape index (κ3) is 1.87. The minimum absolute atomic E-state index is 0.0171. The van der Waals surface area contributed by atoms with Gasteiger partial charge in [-0.05, 0) is 0 Å². The molecule has 102 valence electrons. The number of nitrogens with two attached hydrogens (primary N) is 1. The first-order valence-corrected chi connectivity index (χ1v) is 5.77. The van der Waals surface area contributed by atoms with E-state index in [-0.39, 0.29) is 30.1 Å². The van der Waals surface area contributed by atoms with Crippen LogP contribution in [0.2, 0.25) is 0 Å². The normalized spacial score (nSPS) is 27.2. The minimum Gasteiger partial charge on any atom is -0.394 e. The van der Waals surface area contributed by atoms with Crippen molar-refractivity contribution in [1.82, 2.24) is 19.5 Å². The summed E-state index contributed by atoms with van der Waals surface area (Å²) in [6, 6.07) is 0. The van der Waals surface area contributed by atoms with Gasteiger partial charge in [-0.25, -0.2) is 4.98 Å². The lowest BCUT2D eigenvalue weighted by molar-refractivity contribution is -0.0432. The zero-order valence-electron chi connectivity index (χ0n) is 9.85. The Hall–Kier alpha value is -1.97. The number of hydrogen-bond acceptors (Lipinski definition) is 7. The molecule has 1 fully saturated rings. The van der Waals surface area contributed by atoms with Gasteiger partial charge in [-0.2, -0.15) is 4.98 Å². The number of H-pyrrole nitrogens is 1. The third-order valence-electron chi connectivity index (χ3n) is 3.15. The van der Waals surface area contributed by atoms with Crippen molar-refractivity contribution in [2.45, 2.75) is 24.9 Å². The van der Waals surface area contributed by atoms with Crippen molar-refractivity contribution in [2.24, 2.45) is 0 Å². The maximum Gasteiger partial charge on any atom is 0.280 e.